The Hall–Kier alpha value is -0.0800. The quantitative estimate of drug-likeness (QED) is 0.572. The van der Waals surface area contributed by atoms with Crippen LogP contribution in [0.2, 0.25) is 0 Å². The Bertz CT molecular complexity index is 83.6. The van der Waals surface area contributed by atoms with Crippen LogP contribution in [0.25, 0.3) is 0 Å². The molecule has 0 radical (unpaired) electrons. The van der Waals surface area contributed by atoms with Crippen molar-refractivity contribution in [2.45, 2.75) is 27.2 Å². The molecular formula is C9H21NO. The Morgan fingerprint density at radius 2 is 1.91 bits per heavy atom. The highest BCUT2D eigenvalue weighted by Gasteiger charge is 1.98. The van der Waals surface area contributed by atoms with Gasteiger partial charge in [-0.2, -0.15) is 0 Å². The van der Waals surface area contributed by atoms with Gasteiger partial charge in [0.25, 0.3) is 0 Å². The fraction of sp³-hybridized carbons (Fsp3) is 1.00. The molecule has 0 aliphatic carbocycles. The van der Waals surface area contributed by atoms with Gasteiger partial charge in [0, 0.05) is 6.61 Å². The summed E-state index contributed by atoms with van der Waals surface area (Å²) in [6.45, 7) is 8.77. The van der Waals surface area contributed by atoms with Crippen LogP contribution in [0, 0.1) is 11.8 Å². The molecule has 0 fully saturated rings. The molecular weight excluding hydrogens is 138 g/mol. The van der Waals surface area contributed by atoms with Crippen LogP contribution in [-0.2, 0) is 0 Å². The Kier molecular flexibility index (Phi) is 6.57. The standard InChI is InChI=1S/C9H21NO/c1-8(2)4-5-10-6-9(3)7-11/h8-11H,4-7H2,1-3H3. The van der Waals surface area contributed by atoms with Crippen molar-refractivity contribution in [2.24, 2.45) is 11.8 Å². The fourth-order valence-electron chi connectivity index (χ4n) is 0.804. The van der Waals surface area contributed by atoms with Gasteiger partial charge in [0.2, 0.25) is 0 Å². The van der Waals surface area contributed by atoms with Gasteiger partial charge in [-0.15, -0.1) is 0 Å². The summed E-state index contributed by atoms with van der Waals surface area (Å²) in [6.07, 6.45) is 1.22. The van der Waals surface area contributed by atoms with Gasteiger partial charge in [0.15, 0.2) is 0 Å². The highest BCUT2D eigenvalue weighted by molar-refractivity contribution is 4.55. The molecule has 0 rings (SSSR count). The average molecular weight is 159 g/mol. The van der Waals surface area contributed by atoms with E-state index in [1.807, 2.05) is 6.92 Å². The van der Waals surface area contributed by atoms with E-state index in [0.717, 1.165) is 19.0 Å². The largest absolute Gasteiger partial charge is 0.396 e. The third-order valence-electron chi connectivity index (χ3n) is 1.70. The first-order chi connectivity index (χ1) is 5.16. The van der Waals surface area contributed by atoms with E-state index in [1.54, 1.807) is 0 Å². The van der Waals surface area contributed by atoms with Crippen LogP contribution >= 0.6 is 0 Å². The third kappa shape index (κ3) is 7.82. The molecule has 1 atom stereocenters. The second kappa shape index (κ2) is 6.62. The summed E-state index contributed by atoms with van der Waals surface area (Å²) >= 11 is 0. The molecule has 2 heteroatoms. The normalized spacial score (nSPS) is 13.9. The molecule has 0 bridgehead atoms. The Labute approximate surface area is 70.0 Å². The summed E-state index contributed by atoms with van der Waals surface area (Å²) in [5.41, 5.74) is 0. The van der Waals surface area contributed by atoms with Crippen LogP contribution in [0.1, 0.15) is 27.2 Å². The lowest BCUT2D eigenvalue weighted by Crippen LogP contribution is -2.24. The predicted octanol–water partition coefficient (Wildman–Crippen LogP) is 1.25. The first-order valence-electron chi connectivity index (χ1n) is 4.48. The highest BCUT2D eigenvalue weighted by atomic mass is 16.3. The topological polar surface area (TPSA) is 32.3 Å². The molecule has 0 heterocycles. The van der Waals surface area contributed by atoms with Crippen LogP contribution in [0.15, 0.2) is 0 Å². The van der Waals surface area contributed by atoms with E-state index in [1.165, 1.54) is 6.42 Å². The van der Waals surface area contributed by atoms with E-state index in [4.69, 9.17) is 5.11 Å². The lowest BCUT2D eigenvalue weighted by Gasteiger charge is -2.10. The predicted molar refractivity (Wildman–Crippen MR) is 48.6 cm³/mol. The molecule has 1 unspecified atom stereocenters. The molecule has 0 aliphatic rings. The number of nitrogens with one attached hydrogen (secondary N) is 1. The molecule has 0 spiro atoms. The molecule has 0 amide bonds. The van der Waals surface area contributed by atoms with Crippen molar-refractivity contribution in [3.05, 3.63) is 0 Å². The van der Waals surface area contributed by atoms with E-state index in [9.17, 15) is 0 Å². The second-order valence-electron chi connectivity index (χ2n) is 3.67. The first-order valence-corrected chi connectivity index (χ1v) is 4.48. The molecule has 0 saturated carbocycles. The van der Waals surface area contributed by atoms with Gasteiger partial charge in [-0.25, -0.2) is 0 Å². The number of aliphatic hydroxyl groups excluding tert-OH is 1. The van der Waals surface area contributed by atoms with Gasteiger partial charge in [0.05, 0.1) is 0 Å². The maximum Gasteiger partial charge on any atom is 0.0468 e. The summed E-state index contributed by atoms with van der Waals surface area (Å²) < 4.78 is 0. The summed E-state index contributed by atoms with van der Waals surface area (Å²) in [5.74, 6) is 1.16. The van der Waals surface area contributed by atoms with Crippen molar-refractivity contribution in [3.8, 4) is 0 Å². The molecule has 2 N–H and O–H groups in total. The van der Waals surface area contributed by atoms with Crippen LogP contribution < -0.4 is 5.32 Å². The molecule has 68 valence electrons. The Morgan fingerprint density at radius 3 is 2.36 bits per heavy atom. The van der Waals surface area contributed by atoms with E-state index in [0.29, 0.717) is 5.92 Å². The summed E-state index contributed by atoms with van der Waals surface area (Å²) in [7, 11) is 0. The zero-order chi connectivity index (χ0) is 8.69. The van der Waals surface area contributed by atoms with Crippen molar-refractivity contribution in [1.82, 2.24) is 5.32 Å². The van der Waals surface area contributed by atoms with Gasteiger partial charge in [-0.3, -0.25) is 0 Å². The molecule has 0 saturated heterocycles. The maximum absolute atomic E-state index is 8.70. The smallest absolute Gasteiger partial charge is 0.0468 e. The molecule has 0 aromatic rings. The molecule has 2 nitrogen and oxygen atoms in total. The van der Waals surface area contributed by atoms with E-state index in [2.05, 4.69) is 19.2 Å². The number of aliphatic hydroxyl groups is 1. The van der Waals surface area contributed by atoms with E-state index >= 15 is 0 Å². The zero-order valence-corrected chi connectivity index (χ0v) is 7.93. The molecule has 0 aromatic heterocycles. The summed E-state index contributed by atoms with van der Waals surface area (Å²) in [5, 5.41) is 12.0. The van der Waals surface area contributed by atoms with Gasteiger partial charge in [0.1, 0.15) is 0 Å². The monoisotopic (exact) mass is 159 g/mol. The van der Waals surface area contributed by atoms with Crippen LogP contribution in [0.5, 0.6) is 0 Å². The van der Waals surface area contributed by atoms with Gasteiger partial charge >= 0.3 is 0 Å². The van der Waals surface area contributed by atoms with Gasteiger partial charge in [-0.1, -0.05) is 20.8 Å². The molecule has 0 aromatic carbocycles. The zero-order valence-electron chi connectivity index (χ0n) is 7.93. The van der Waals surface area contributed by atoms with Crippen molar-refractivity contribution < 1.29 is 5.11 Å². The van der Waals surface area contributed by atoms with Crippen molar-refractivity contribution in [3.63, 3.8) is 0 Å². The highest BCUT2D eigenvalue weighted by Crippen LogP contribution is 1.96. The van der Waals surface area contributed by atoms with Crippen LogP contribution in [0.4, 0.5) is 0 Å². The SMILES string of the molecule is CC(C)CCNCC(C)CO. The fourth-order valence-corrected chi connectivity index (χ4v) is 0.804. The lowest BCUT2D eigenvalue weighted by molar-refractivity contribution is 0.233. The first kappa shape index (κ1) is 10.9. The summed E-state index contributed by atoms with van der Waals surface area (Å²) in [4.78, 5) is 0. The Morgan fingerprint density at radius 1 is 1.27 bits per heavy atom. The van der Waals surface area contributed by atoms with Gasteiger partial charge in [-0.05, 0) is 31.3 Å². The number of hydrogen-bond donors (Lipinski definition) is 2. The summed E-state index contributed by atoms with van der Waals surface area (Å²) in [6, 6.07) is 0. The number of hydrogen-bond acceptors (Lipinski definition) is 2. The van der Waals surface area contributed by atoms with Crippen LogP contribution in [0.3, 0.4) is 0 Å². The average Bonchev–Trinajstić information content (AvgIpc) is 1.97. The number of rotatable bonds is 6. The minimum Gasteiger partial charge on any atom is -0.396 e. The van der Waals surface area contributed by atoms with Crippen LogP contribution in [-0.4, -0.2) is 24.8 Å². The lowest BCUT2D eigenvalue weighted by atomic mass is 10.1. The van der Waals surface area contributed by atoms with Crippen molar-refractivity contribution in [1.29, 1.82) is 0 Å². The molecule has 0 aliphatic heterocycles. The van der Waals surface area contributed by atoms with Gasteiger partial charge < -0.3 is 10.4 Å². The third-order valence-corrected chi connectivity index (χ3v) is 1.70. The molecule has 11 heavy (non-hydrogen) atoms. The van der Waals surface area contributed by atoms with E-state index < -0.39 is 0 Å². The minimum atomic E-state index is 0.286. The van der Waals surface area contributed by atoms with Crippen molar-refractivity contribution >= 4 is 0 Å². The Balaban J connectivity index is 3.01. The van der Waals surface area contributed by atoms with Crippen molar-refractivity contribution in [2.75, 3.05) is 19.7 Å². The second-order valence-corrected chi connectivity index (χ2v) is 3.67. The van der Waals surface area contributed by atoms with E-state index in [-0.39, 0.29) is 6.61 Å². The minimum absolute atomic E-state index is 0.286. The maximum atomic E-state index is 8.70.